The van der Waals surface area contributed by atoms with Gasteiger partial charge in [-0.05, 0) is 53.6 Å². The van der Waals surface area contributed by atoms with Crippen molar-refractivity contribution in [3.05, 3.63) is 92.9 Å². The van der Waals surface area contributed by atoms with Crippen molar-refractivity contribution in [3.8, 4) is 11.5 Å². The Kier molecular flexibility index (Phi) is 5.90. The number of benzene rings is 3. The molecule has 4 nitrogen and oxygen atoms in total. The maximum absolute atomic E-state index is 10.5. The van der Waals surface area contributed by atoms with Crippen LogP contribution in [-0.2, 0) is 0 Å². The van der Waals surface area contributed by atoms with E-state index in [4.69, 9.17) is 21.3 Å². The Morgan fingerprint density at radius 3 is 2.66 bits per heavy atom. The molecule has 29 heavy (non-hydrogen) atoms. The predicted octanol–water partition coefficient (Wildman–Crippen LogP) is 6.04. The molecule has 0 saturated heterocycles. The van der Waals surface area contributed by atoms with E-state index in [0.29, 0.717) is 11.4 Å². The van der Waals surface area contributed by atoms with E-state index in [1.807, 2.05) is 60.7 Å². The maximum Gasteiger partial charge on any atom is 0.126 e. The minimum absolute atomic E-state index is 0.105. The van der Waals surface area contributed by atoms with Crippen LogP contribution in [0.15, 0.2) is 76.2 Å². The topological polar surface area (TPSA) is 53.8 Å². The van der Waals surface area contributed by atoms with Gasteiger partial charge in [-0.3, -0.25) is 10.3 Å². The van der Waals surface area contributed by atoms with Crippen molar-refractivity contribution < 1.29 is 9.84 Å². The summed E-state index contributed by atoms with van der Waals surface area (Å²) in [5, 5.41) is 14.7. The smallest absolute Gasteiger partial charge is 0.126 e. The van der Waals surface area contributed by atoms with Gasteiger partial charge in [0.1, 0.15) is 17.7 Å². The van der Waals surface area contributed by atoms with Crippen LogP contribution in [0.2, 0.25) is 5.02 Å². The highest BCUT2D eigenvalue weighted by atomic mass is 79.9. The third-order valence-electron chi connectivity index (χ3n) is 5.00. The molecule has 0 bridgehead atoms. The van der Waals surface area contributed by atoms with Crippen LogP contribution in [0.1, 0.15) is 35.3 Å². The average molecular weight is 472 g/mol. The van der Waals surface area contributed by atoms with Gasteiger partial charge in [-0.15, -0.1) is 0 Å². The lowest BCUT2D eigenvalue weighted by molar-refractivity contribution is 0.410. The quantitative estimate of drug-likeness (QED) is 0.488. The molecule has 0 aliphatic carbocycles. The number of ether oxygens (including phenoxy) is 1. The molecule has 1 aliphatic rings. The highest BCUT2D eigenvalue weighted by Crippen LogP contribution is 2.36. The molecule has 1 aliphatic heterocycles. The van der Waals surface area contributed by atoms with E-state index in [9.17, 15) is 5.11 Å². The standard InChI is InChI=1S/C23H20BrClN2O2/c1-29-18-4-2-3-15(11-18)20-13-21(19-12-16(24)7-10-22(19)28)27-23(26-20)14-5-8-17(25)9-6-14/h2-12,21,23,27-28H,13H2,1H3. The number of methoxy groups -OCH3 is 1. The van der Waals surface area contributed by atoms with Crippen LogP contribution in [0.4, 0.5) is 0 Å². The fraction of sp³-hybridized carbons (Fsp3) is 0.174. The zero-order chi connectivity index (χ0) is 20.4. The lowest BCUT2D eigenvalue weighted by Crippen LogP contribution is -2.33. The van der Waals surface area contributed by atoms with E-state index in [-0.39, 0.29) is 18.0 Å². The zero-order valence-electron chi connectivity index (χ0n) is 15.8. The zero-order valence-corrected chi connectivity index (χ0v) is 18.1. The van der Waals surface area contributed by atoms with Gasteiger partial charge < -0.3 is 9.84 Å². The molecule has 0 fully saturated rings. The Balaban J connectivity index is 1.77. The van der Waals surface area contributed by atoms with E-state index < -0.39 is 0 Å². The first-order valence-corrected chi connectivity index (χ1v) is 10.4. The molecule has 6 heteroatoms. The molecule has 0 aromatic heterocycles. The Morgan fingerprint density at radius 1 is 1.10 bits per heavy atom. The van der Waals surface area contributed by atoms with E-state index in [0.717, 1.165) is 32.6 Å². The van der Waals surface area contributed by atoms with Crippen LogP contribution in [0.25, 0.3) is 0 Å². The Labute approximate surface area is 183 Å². The lowest BCUT2D eigenvalue weighted by Gasteiger charge is -2.31. The van der Waals surface area contributed by atoms with Crippen LogP contribution in [0.3, 0.4) is 0 Å². The molecule has 0 amide bonds. The third-order valence-corrected chi connectivity index (χ3v) is 5.74. The molecule has 0 spiro atoms. The highest BCUT2D eigenvalue weighted by molar-refractivity contribution is 9.10. The van der Waals surface area contributed by atoms with Crippen molar-refractivity contribution in [1.82, 2.24) is 5.32 Å². The molecule has 1 heterocycles. The number of aromatic hydroxyl groups is 1. The molecular weight excluding hydrogens is 452 g/mol. The first-order chi connectivity index (χ1) is 14.0. The van der Waals surface area contributed by atoms with E-state index in [2.05, 4.69) is 21.2 Å². The summed E-state index contributed by atoms with van der Waals surface area (Å²) in [4.78, 5) is 4.97. The summed E-state index contributed by atoms with van der Waals surface area (Å²) < 4.78 is 6.30. The van der Waals surface area contributed by atoms with Crippen LogP contribution in [0, 0.1) is 0 Å². The van der Waals surface area contributed by atoms with Crippen molar-refractivity contribution in [2.45, 2.75) is 18.6 Å². The Morgan fingerprint density at radius 2 is 1.90 bits per heavy atom. The second-order valence-corrected chi connectivity index (χ2v) is 8.24. The van der Waals surface area contributed by atoms with Crippen LogP contribution in [0.5, 0.6) is 11.5 Å². The molecule has 148 valence electrons. The molecule has 2 unspecified atom stereocenters. The summed E-state index contributed by atoms with van der Waals surface area (Å²) in [6, 6.07) is 20.9. The monoisotopic (exact) mass is 470 g/mol. The normalized spacial score (nSPS) is 18.9. The summed E-state index contributed by atoms with van der Waals surface area (Å²) in [5.74, 6) is 1.04. The van der Waals surface area contributed by atoms with Gasteiger partial charge in [0, 0.05) is 33.2 Å². The van der Waals surface area contributed by atoms with E-state index in [1.54, 1.807) is 13.2 Å². The van der Waals surface area contributed by atoms with Gasteiger partial charge in [-0.2, -0.15) is 0 Å². The number of aliphatic imine (C=N–C) groups is 1. The van der Waals surface area contributed by atoms with E-state index in [1.165, 1.54) is 0 Å². The molecular formula is C23H20BrClN2O2. The molecule has 4 rings (SSSR count). The number of hydrogen-bond donors (Lipinski definition) is 2. The number of phenols is 1. The lowest BCUT2D eigenvalue weighted by atomic mass is 9.93. The predicted molar refractivity (Wildman–Crippen MR) is 120 cm³/mol. The highest BCUT2D eigenvalue weighted by Gasteiger charge is 2.28. The minimum atomic E-state index is -0.259. The molecule has 0 radical (unpaired) electrons. The number of hydrogen-bond acceptors (Lipinski definition) is 4. The van der Waals surface area contributed by atoms with Crippen LogP contribution < -0.4 is 10.1 Å². The van der Waals surface area contributed by atoms with Crippen molar-refractivity contribution in [2.24, 2.45) is 4.99 Å². The van der Waals surface area contributed by atoms with Crippen LogP contribution in [-0.4, -0.2) is 17.9 Å². The molecule has 3 aromatic carbocycles. The van der Waals surface area contributed by atoms with Crippen molar-refractivity contribution in [1.29, 1.82) is 0 Å². The van der Waals surface area contributed by atoms with Gasteiger partial charge in [0.15, 0.2) is 0 Å². The Hall–Kier alpha value is -2.34. The first-order valence-electron chi connectivity index (χ1n) is 9.24. The molecule has 3 aromatic rings. The number of nitrogens with one attached hydrogen (secondary N) is 1. The third kappa shape index (κ3) is 4.47. The minimum Gasteiger partial charge on any atom is -0.508 e. The summed E-state index contributed by atoms with van der Waals surface area (Å²) >= 11 is 9.57. The average Bonchev–Trinajstić information content (AvgIpc) is 2.75. The second-order valence-electron chi connectivity index (χ2n) is 6.89. The molecule has 0 saturated carbocycles. The first kappa shape index (κ1) is 20.0. The van der Waals surface area contributed by atoms with Crippen molar-refractivity contribution in [2.75, 3.05) is 7.11 Å². The number of halogens is 2. The number of phenolic OH excluding ortho intramolecular Hbond substituents is 1. The fourth-order valence-corrected chi connectivity index (χ4v) is 4.01. The number of nitrogens with zero attached hydrogens (tertiary/aromatic N) is 1. The largest absolute Gasteiger partial charge is 0.508 e. The van der Waals surface area contributed by atoms with Gasteiger partial charge in [0.05, 0.1) is 7.11 Å². The Bertz CT molecular complexity index is 1050. The van der Waals surface area contributed by atoms with Crippen molar-refractivity contribution in [3.63, 3.8) is 0 Å². The number of rotatable bonds is 4. The fourth-order valence-electron chi connectivity index (χ4n) is 3.50. The summed E-state index contributed by atoms with van der Waals surface area (Å²) in [5.41, 5.74) is 3.79. The van der Waals surface area contributed by atoms with Crippen LogP contribution >= 0.6 is 27.5 Å². The second kappa shape index (κ2) is 8.57. The summed E-state index contributed by atoms with van der Waals surface area (Å²) in [6.45, 7) is 0. The van der Waals surface area contributed by atoms with Gasteiger partial charge in [0.25, 0.3) is 0 Å². The van der Waals surface area contributed by atoms with E-state index >= 15 is 0 Å². The maximum atomic E-state index is 10.5. The van der Waals surface area contributed by atoms with Gasteiger partial charge >= 0.3 is 0 Å². The SMILES string of the molecule is COc1cccc(C2=NC(c3ccc(Cl)cc3)NC(c3cc(Br)ccc3O)C2)c1. The summed E-state index contributed by atoms with van der Waals surface area (Å²) in [6.07, 6.45) is 0.381. The van der Waals surface area contributed by atoms with Gasteiger partial charge in [-0.25, -0.2) is 0 Å². The van der Waals surface area contributed by atoms with Gasteiger partial charge in [0.2, 0.25) is 0 Å². The summed E-state index contributed by atoms with van der Waals surface area (Å²) in [7, 11) is 1.65. The molecule has 2 atom stereocenters. The van der Waals surface area contributed by atoms with Gasteiger partial charge in [-0.1, -0.05) is 51.8 Å². The molecule has 2 N–H and O–H groups in total. The van der Waals surface area contributed by atoms with Crippen molar-refractivity contribution >= 4 is 33.2 Å².